The summed E-state index contributed by atoms with van der Waals surface area (Å²) in [7, 11) is 0. The van der Waals surface area contributed by atoms with Crippen LogP contribution in [0, 0.1) is 0 Å². The molecule has 1 saturated heterocycles. The van der Waals surface area contributed by atoms with E-state index in [9.17, 15) is 9.90 Å². The summed E-state index contributed by atoms with van der Waals surface area (Å²) < 4.78 is 19.4. The predicted octanol–water partition coefficient (Wildman–Crippen LogP) is 5.31. The van der Waals surface area contributed by atoms with E-state index in [1.165, 1.54) is 6.39 Å². The van der Waals surface area contributed by atoms with E-state index < -0.39 is 5.97 Å². The van der Waals surface area contributed by atoms with E-state index in [2.05, 4.69) is 14.9 Å². The Morgan fingerprint density at radius 2 is 1.98 bits per heavy atom. The van der Waals surface area contributed by atoms with Gasteiger partial charge in [0.2, 0.25) is 0 Å². The Labute approximate surface area is 238 Å². The number of halogens is 2. The zero-order chi connectivity index (χ0) is 27.6. The molecule has 2 aromatic carbocycles. The van der Waals surface area contributed by atoms with E-state index in [1.54, 1.807) is 48.8 Å². The van der Waals surface area contributed by atoms with Gasteiger partial charge in [0.25, 0.3) is 0 Å². The normalized spacial score (nSPS) is 13.8. The van der Waals surface area contributed by atoms with Gasteiger partial charge in [-0.3, -0.25) is 9.88 Å². The van der Waals surface area contributed by atoms with E-state index in [1.807, 2.05) is 16.7 Å². The lowest BCUT2D eigenvalue weighted by Crippen LogP contribution is -2.53. The highest BCUT2D eigenvalue weighted by molar-refractivity contribution is 6.35. The summed E-state index contributed by atoms with van der Waals surface area (Å²) in [5.41, 5.74) is 2.36. The number of pyridine rings is 1. The molecule has 204 valence electrons. The number of benzene rings is 2. The van der Waals surface area contributed by atoms with Crippen LogP contribution in [0.5, 0.6) is 11.5 Å². The third-order valence-corrected chi connectivity index (χ3v) is 7.05. The van der Waals surface area contributed by atoms with Gasteiger partial charge in [0.15, 0.2) is 6.39 Å². The molecule has 0 radical (unpaired) electrons. The second kappa shape index (κ2) is 11.2. The van der Waals surface area contributed by atoms with E-state index in [-0.39, 0.29) is 18.3 Å². The molecule has 0 spiro atoms. The molecule has 1 fully saturated rings. The molecule has 5 aromatic rings. The molecule has 1 aliphatic heterocycles. The Bertz CT molecular complexity index is 1670. The van der Waals surface area contributed by atoms with Crippen molar-refractivity contribution in [2.24, 2.45) is 0 Å². The zero-order valence-corrected chi connectivity index (χ0v) is 22.5. The smallest absolute Gasteiger partial charge is 0.335 e. The molecular weight excluding hydrogens is 557 g/mol. The average molecular weight is 580 g/mol. The van der Waals surface area contributed by atoms with Crippen molar-refractivity contribution >= 4 is 40.2 Å². The van der Waals surface area contributed by atoms with Crippen molar-refractivity contribution in [3.05, 3.63) is 100 Å². The summed E-state index contributed by atoms with van der Waals surface area (Å²) in [4.78, 5) is 26.9. The number of hydrogen-bond donors (Lipinski definition) is 1. The van der Waals surface area contributed by atoms with E-state index >= 15 is 0 Å². The van der Waals surface area contributed by atoms with Crippen molar-refractivity contribution in [2.45, 2.75) is 25.8 Å². The van der Waals surface area contributed by atoms with Crippen LogP contribution in [0.4, 0.5) is 0 Å². The van der Waals surface area contributed by atoms with Gasteiger partial charge in [-0.05, 0) is 42.5 Å². The highest BCUT2D eigenvalue weighted by Gasteiger charge is 2.30. The number of aromatic nitrogens is 4. The number of imidazole rings is 1. The summed E-state index contributed by atoms with van der Waals surface area (Å²) >= 11 is 12.1. The van der Waals surface area contributed by atoms with Crippen LogP contribution < -0.4 is 9.47 Å². The summed E-state index contributed by atoms with van der Waals surface area (Å²) in [6.45, 7) is 2.62. The van der Waals surface area contributed by atoms with Gasteiger partial charge in [-0.1, -0.05) is 23.2 Å². The van der Waals surface area contributed by atoms with Gasteiger partial charge in [0.1, 0.15) is 35.8 Å². The van der Waals surface area contributed by atoms with Gasteiger partial charge >= 0.3 is 5.97 Å². The first-order valence-electron chi connectivity index (χ1n) is 12.4. The summed E-state index contributed by atoms with van der Waals surface area (Å²) in [6, 6.07) is 13.7. The predicted molar refractivity (Wildman–Crippen MR) is 147 cm³/mol. The quantitative estimate of drug-likeness (QED) is 0.235. The topological polar surface area (TPSA) is 116 Å². The largest absolute Gasteiger partial charge is 0.488 e. The minimum atomic E-state index is -0.988. The maximum atomic E-state index is 11.5. The Hall–Kier alpha value is -4.12. The number of aromatic carboxylic acids is 1. The lowest BCUT2D eigenvalue weighted by atomic mass is 10.1. The Morgan fingerprint density at radius 3 is 2.75 bits per heavy atom. The highest BCUT2D eigenvalue weighted by atomic mass is 35.5. The Balaban J connectivity index is 1.09. The maximum absolute atomic E-state index is 11.5. The first-order chi connectivity index (χ1) is 19.4. The fourth-order valence-corrected chi connectivity index (χ4v) is 5.01. The van der Waals surface area contributed by atoms with Crippen LogP contribution >= 0.6 is 23.2 Å². The molecule has 1 N–H and O–H groups in total. The van der Waals surface area contributed by atoms with E-state index in [4.69, 9.17) is 42.1 Å². The van der Waals surface area contributed by atoms with Crippen LogP contribution in [0.25, 0.3) is 11.0 Å². The summed E-state index contributed by atoms with van der Waals surface area (Å²) in [5.74, 6) is 1.71. The molecule has 0 amide bonds. The van der Waals surface area contributed by atoms with Crippen LogP contribution in [0.3, 0.4) is 0 Å². The third kappa shape index (κ3) is 5.74. The molecule has 0 unspecified atom stereocenters. The number of oxazole rings is 1. The fourth-order valence-electron chi connectivity index (χ4n) is 4.55. The molecule has 0 saturated carbocycles. The van der Waals surface area contributed by atoms with E-state index in [0.29, 0.717) is 59.2 Å². The zero-order valence-electron chi connectivity index (χ0n) is 21.0. The summed E-state index contributed by atoms with van der Waals surface area (Å²) in [6.07, 6.45) is 4.71. The van der Waals surface area contributed by atoms with Crippen molar-refractivity contribution in [1.82, 2.24) is 24.4 Å². The number of carboxylic acids is 1. The van der Waals surface area contributed by atoms with Gasteiger partial charge < -0.3 is 23.6 Å². The lowest BCUT2D eigenvalue weighted by Gasteiger charge is -2.38. The number of rotatable bonds is 10. The Morgan fingerprint density at radius 1 is 1.10 bits per heavy atom. The number of fused-ring (bicyclic) bond motifs is 1. The monoisotopic (exact) mass is 579 g/mol. The maximum Gasteiger partial charge on any atom is 0.335 e. The van der Waals surface area contributed by atoms with Crippen LogP contribution in [-0.4, -0.2) is 54.7 Å². The number of carboxylic acid groups (broad SMARTS) is 1. The third-order valence-electron chi connectivity index (χ3n) is 6.52. The molecule has 0 bridgehead atoms. The number of likely N-dealkylation sites (tertiary alicyclic amines) is 1. The Kier molecular flexibility index (Phi) is 7.29. The molecule has 3 aromatic heterocycles. The average Bonchev–Trinajstić information content (AvgIpc) is 3.55. The van der Waals surface area contributed by atoms with E-state index in [0.717, 1.165) is 16.9 Å². The molecule has 1 aliphatic rings. The van der Waals surface area contributed by atoms with Crippen molar-refractivity contribution in [3.8, 4) is 11.5 Å². The first kappa shape index (κ1) is 26.1. The van der Waals surface area contributed by atoms with Crippen LogP contribution in [0.15, 0.2) is 71.7 Å². The molecule has 4 heterocycles. The van der Waals surface area contributed by atoms with Gasteiger partial charge in [-0.15, -0.1) is 0 Å². The van der Waals surface area contributed by atoms with Gasteiger partial charge in [-0.2, -0.15) is 0 Å². The highest BCUT2D eigenvalue weighted by Crippen LogP contribution is 2.29. The molecular formula is C28H23Cl2N5O5. The number of nitrogens with zero attached hydrogens (tertiary/aromatic N) is 5. The number of hydrogen-bond acceptors (Lipinski definition) is 8. The minimum Gasteiger partial charge on any atom is -0.488 e. The van der Waals surface area contributed by atoms with Gasteiger partial charge in [0, 0.05) is 30.4 Å². The molecule has 0 aliphatic carbocycles. The lowest BCUT2D eigenvalue weighted by molar-refractivity contribution is 0.0123. The molecule has 6 rings (SSSR count). The fraction of sp³-hybridized carbons (Fsp3) is 0.214. The van der Waals surface area contributed by atoms with Crippen molar-refractivity contribution in [3.63, 3.8) is 0 Å². The second-order valence-corrected chi connectivity index (χ2v) is 10.2. The van der Waals surface area contributed by atoms with Gasteiger partial charge in [0.05, 0.1) is 46.6 Å². The molecule has 10 nitrogen and oxygen atoms in total. The standard InChI is InChI=1S/C28H23Cl2N5O5/c29-18-2-4-26(23(30)8-18)38-15-19-9-20(5-6-32-19)40-22-11-34(12-22)14-27-33-24-3-1-17(28(36)37)7-25(24)35(27)13-21-10-31-16-39-21/h1-10,16,22H,11-15H2,(H,36,37). The molecule has 40 heavy (non-hydrogen) atoms. The second-order valence-electron chi connectivity index (χ2n) is 9.37. The first-order valence-corrected chi connectivity index (χ1v) is 13.2. The van der Waals surface area contributed by atoms with Crippen LogP contribution in [0.1, 0.15) is 27.6 Å². The molecule has 0 atom stereocenters. The summed E-state index contributed by atoms with van der Waals surface area (Å²) in [5, 5.41) is 10.4. The number of carbonyl (C=O) groups is 1. The minimum absolute atomic E-state index is 0.00703. The van der Waals surface area contributed by atoms with Crippen molar-refractivity contribution in [1.29, 1.82) is 0 Å². The molecule has 12 heteroatoms. The van der Waals surface area contributed by atoms with Crippen LogP contribution in [-0.2, 0) is 19.7 Å². The van der Waals surface area contributed by atoms with Gasteiger partial charge in [-0.25, -0.2) is 14.8 Å². The van der Waals surface area contributed by atoms with Crippen molar-refractivity contribution < 1.29 is 23.8 Å². The van der Waals surface area contributed by atoms with Crippen molar-refractivity contribution in [2.75, 3.05) is 13.1 Å². The van der Waals surface area contributed by atoms with Crippen LogP contribution in [0.2, 0.25) is 10.0 Å². The number of ether oxygens (including phenoxy) is 2. The SMILES string of the molecule is O=C(O)c1ccc2nc(CN3CC(Oc4ccnc(COc5ccc(Cl)cc5Cl)c4)C3)n(Cc3cnco3)c2c1.